The lowest BCUT2D eigenvalue weighted by atomic mass is 10.4. The van der Waals surface area contributed by atoms with E-state index in [1.165, 1.54) is 0 Å². The summed E-state index contributed by atoms with van der Waals surface area (Å²) in [5.41, 5.74) is 0.924. The molecule has 0 saturated carbocycles. The van der Waals surface area contributed by atoms with E-state index in [4.69, 9.17) is 0 Å². The van der Waals surface area contributed by atoms with E-state index < -0.39 is 0 Å². The Morgan fingerprint density at radius 2 is 2.17 bits per heavy atom. The van der Waals surface area contributed by atoms with Gasteiger partial charge in [0, 0.05) is 31.4 Å². The normalized spacial score (nSPS) is 10.4. The Morgan fingerprint density at radius 1 is 1.33 bits per heavy atom. The van der Waals surface area contributed by atoms with Crippen molar-refractivity contribution in [1.82, 2.24) is 19.7 Å². The molecule has 0 radical (unpaired) electrons. The van der Waals surface area contributed by atoms with Crippen LogP contribution in [0.1, 0.15) is 19.0 Å². The highest BCUT2D eigenvalue weighted by atomic mass is 15.3. The van der Waals surface area contributed by atoms with Gasteiger partial charge in [0.1, 0.15) is 11.6 Å². The van der Waals surface area contributed by atoms with E-state index in [9.17, 15) is 0 Å². The number of nitrogens with one attached hydrogen (secondary N) is 2. The van der Waals surface area contributed by atoms with Crippen molar-refractivity contribution in [3.8, 4) is 0 Å². The topological polar surface area (TPSA) is 67.7 Å². The minimum atomic E-state index is 0.581. The minimum absolute atomic E-state index is 0.581. The SMILES string of the molecule is CCCNc1cc(C)nc(Nc2ccnn2C)n1. The van der Waals surface area contributed by atoms with Crippen LogP contribution in [0.3, 0.4) is 0 Å². The molecule has 18 heavy (non-hydrogen) atoms. The minimum Gasteiger partial charge on any atom is -0.370 e. The van der Waals surface area contributed by atoms with E-state index in [0.29, 0.717) is 5.95 Å². The summed E-state index contributed by atoms with van der Waals surface area (Å²) in [6.07, 6.45) is 2.79. The molecule has 2 aromatic rings. The second-order valence-corrected chi connectivity index (χ2v) is 4.11. The zero-order valence-corrected chi connectivity index (χ0v) is 10.9. The molecule has 0 amide bonds. The average molecular weight is 246 g/mol. The Balaban J connectivity index is 2.17. The van der Waals surface area contributed by atoms with Gasteiger partial charge >= 0.3 is 0 Å². The van der Waals surface area contributed by atoms with Crippen LogP contribution in [-0.2, 0) is 7.05 Å². The van der Waals surface area contributed by atoms with Gasteiger partial charge in [-0.05, 0) is 13.3 Å². The first kappa shape index (κ1) is 12.3. The van der Waals surface area contributed by atoms with Gasteiger partial charge < -0.3 is 10.6 Å². The number of hydrogen-bond acceptors (Lipinski definition) is 5. The molecular weight excluding hydrogens is 228 g/mol. The van der Waals surface area contributed by atoms with Crippen molar-refractivity contribution in [3.05, 3.63) is 24.0 Å². The Kier molecular flexibility index (Phi) is 3.76. The lowest BCUT2D eigenvalue weighted by Crippen LogP contribution is -2.07. The molecule has 6 heteroatoms. The highest BCUT2D eigenvalue weighted by Gasteiger charge is 2.04. The first-order valence-corrected chi connectivity index (χ1v) is 6.03. The van der Waals surface area contributed by atoms with Crippen molar-refractivity contribution in [1.29, 1.82) is 0 Å². The van der Waals surface area contributed by atoms with Gasteiger partial charge in [0.2, 0.25) is 5.95 Å². The highest BCUT2D eigenvalue weighted by Crippen LogP contribution is 2.14. The third-order valence-corrected chi connectivity index (χ3v) is 2.47. The number of hydrogen-bond donors (Lipinski definition) is 2. The molecule has 0 spiro atoms. The zero-order chi connectivity index (χ0) is 13.0. The molecule has 0 saturated heterocycles. The molecule has 2 rings (SSSR count). The van der Waals surface area contributed by atoms with E-state index in [1.807, 2.05) is 26.1 Å². The number of anilines is 3. The fourth-order valence-electron chi connectivity index (χ4n) is 1.58. The van der Waals surface area contributed by atoms with E-state index in [-0.39, 0.29) is 0 Å². The van der Waals surface area contributed by atoms with Crippen molar-refractivity contribution < 1.29 is 0 Å². The summed E-state index contributed by atoms with van der Waals surface area (Å²) in [4.78, 5) is 8.77. The number of nitrogens with zero attached hydrogens (tertiary/aromatic N) is 4. The summed E-state index contributed by atoms with van der Waals surface area (Å²) in [5.74, 6) is 2.29. The second kappa shape index (κ2) is 5.48. The smallest absolute Gasteiger partial charge is 0.230 e. The third kappa shape index (κ3) is 2.97. The summed E-state index contributed by atoms with van der Waals surface area (Å²) in [6, 6.07) is 3.81. The Bertz CT molecular complexity index is 519. The summed E-state index contributed by atoms with van der Waals surface area (Å²) in [5, 5.41) is 10.5. The number of rotatable bonds is 5. The number of aromatic nitrogens is 4. The van der Waals surface area contributed by atoms with E-state index >= 15 is 0 Å². The predicted octanol–water partition coefficient (Wildman–Crippen LogP) is 2.08. The molecule has 0 unspecified atom stereocenters. The molecule has 96 valence electrons. The van der Waals surface area contributed by atoms with Crippen molar-refractivity contribution in [2.75, 3.05) is 17.2 Å². The van der Waals surface area contributed by atoms with Crippen LogP contribution in [0.2, 0.25) is 0 Å². The molecular formula is C12H18N6. The van der Waals surface area contributed by atoms with Crippen LogP contribution in [0.5, 0.6) is 0 Å². The van der Waals surface area contributed by atoms with Gasteiger partial charge in [-0.15, -0.1) is 0 Å². The molecule has 0 aliphatic carbocycles. The maximum Gasteiger partial charge on any atom is 0.230 e. The van der Waals surface area contributed by atoms with Gasteiger partial charge in [-0.3, -0.25) is 4.68 Å². The molecule has 0 atom stereocenters. The molecule has 0 bridgehead atoms. The predicted molar refractivity (Wildman–Crippen MR) is 72.0 cm³/mol. The lowest BCUT2D eigenvalue weighted by Gasteiger charge is -2.09. The highest BCUT2D eigenvalue weighted by molar-refractivity contribution is 5.51. The standard InChI is InChI=1S/C12H18N6/c1-4-6-13-10-8-9(2)15-12(16-10)17-11-5-7-14-18(11)3/h5,7-8H,4,6H2,1-3H3,(H2,13,15,16,17). The molecule has 0 aliphatic rings. The van der Waals surface area contributed by atoms with Crippen LogP contribution in [0.15, 0.2) is 18.3 Å². The van der Waals surface area contributed by atoms with Crippen LogP contribution < -0.4 is 10.6 Å². The van der Waals surface area contributed by atoms with E-state index in [0.717, 1.165) is 30.3 Å². The quantitative estimate of drug-likeness (QED) is 0.845. The summed E-state index contributed by atoms with van der Waals surface area (Å²) in [6.45, 7) is 4.98. The molecule has 0 fully saturated rings. The van der Waals surface area contributed by atoms with Crippen LogP contribution in [0.25, 0.3) is 0 Å². The van der Waals surface area contributed by atoms with Gasteiger partial charge in [-0.25, -0.2) is 4.98 Å². The molecule has 0 aliphatic heterocycles. The van der Waals surface area contributed by atoms with Gasteiger partial charge in [-0.2, -0.15) is 10.1 Å². The number of aryl methyl sites for hydroxylation is 2. The zero-order valence-electron chi connectivity index (χ0n) is 10.9. The van der Waals surface area contributed by atoms with Crippen LogP contribution in [0, 0.1) is 6.92 Å². The van der Waals surface area contributed by atoms with Gasteiger partial charge in [0.05, 0.1) is 6.20 Å². The summed E-state index contributed by atoms with van der Waals surface area (Å²) < 4.78 is 1.74. The average Bonchev–Trinajstić information content (AvgIpc) is 2.72. The van der Waals surface area contributed by atoms with E-state index in [1.54, 1.807) is 10.9 Å². The molecule has 2 N–H and O–H groups in total. The molecule has 2 heterocycles. The summed E-state index contributed by atoms with van der Waals surface area (Å²) in [7, 11) is 1.87. The second-order valence-electron chi connectivity index (χ2n) is 4.11. The van der Waals surface area contributed by atoms with Crippen molar-refractivity contribution in [2.45, 2.75) is 20.3 Å². The molecule has 0 aromatic carbocycles. The van der Waals surface area contributed by atoms with Crippen LogP contribution >= 0.6 is 0 Å². The van der Waals surface area contributed by atoms with Crippen LogP contribution in [-0.4, -0.2) is 26.3 Å². The Labute approximate surface area is 106 Å². The van der Waals surface area contributed by atoms with Crippen molar-refractivity contribution in [2.24, 2.45) is 7.05 Å². The lowest BCUT2D eigenvalue weighted by molar-refractivity contribution is 0.775. The van der Waals surface area contributed by atoms with Gasteiger partial charge in [-0.1, -0.05) is 6.92 Å². The summed E-state index contributed by atoms with van der Waals surface area (Å²) >= 11 is 0. The van der Waals surface area contributed by atoms with E-state index in [2.05, 4.69) is 32.6 Å². The molecule has 6 nitrogen and oxygen atoms in total. The van der Waals surface area contributed by atoms with Crippen molar-refractivity contribution >= 4 is 17.6 Å². The Hall–Kier alpha value is -2.11. The molecule has 2 aromatic heterocycles. The maximum atomic E-state index is 4.41. The van der Waals surface area contributed by atoms with Crippen molar-refractivity contribution in [3.63, 3.8) is 0 Å². The van der Waals surface area contributed by atoms with Gasteiger partial charge in [0.15, 0.2) is 0 Å². The fourth-order valence-corrected chi connectivity index (χ4v) is 1.58. The monoisotopic (exact) mass is 246 g/mol. The Morgan fingerprint density at radius 3 is 2.83 bits per heavy atom. The largest absolute Gasteiger partial charge is 0.370 e. The fraction of sp³-hybridized carbons (Fsp3) is 0.417. The first-order valence-electron chi connectivity index (χ1n) is 6.03. The third-order valence-electron chi connectivity index (χ3n) is 2.47. The first-order chi connectivity index (χ1) is 8.69. The van der Waals surface area contributed by atoms with Crippen LogP contribution in [0.4, 0.5) is 17.6 Å². The van der Waals surface area contributed by atoms with Gasteiger partial charge in [0.25, 0.3) is 0 Å². The maximum absolute atomic E-state index is 4.41.